The van der Waals surface area contributed by atoms with Crippen LogP contribution in [0.1, 0.15) is 30.3 Å². The summed E-state index contributed by atoms with van der Waals surface area (Å²) >= 11 is 0. The summed E-state index contributed by atoms with van der Waals surface area (Å²) in [5.74, 6) is 1.40. The summed E-state index contributed by atoms with van der Waals surface area (Å²) in [7, 11) is 0. The maximum absolute atomic E-state index is 12.7. The molecule has 3 rings (SSSR count). The molecule has 0 amide bonds. The topological polar surface area (TPSA) is 129 Å². The fourth-order valence-electron chi connectivity index (χ4n) is 2.27. The van der Waals surface area contributed by atoms with Gasteiger partial charge in [-0.05, 0) is 32.0 Å². The van der Waals surface area contributed by atoms with Gasteiger partial charge in [-0.15, -0.1) is 15.3 Å². The molecule has 29 heavy (non-hydrogen) atoms. The molecule has 3 heterocycles. The summed E-state index contributed by atoms with van der Waals surface area (Å²) in [5.41, 5.74) is 6.23. The lowest BCUT2D eigenvalue weighted by molar-refractivity contribution is 0.151. The van der Waals surface area contributed by atoms with E-state index in [0.29, 0.717) is 28.9 Å². The number of nitrogens with zero attached hydrogens (tertiary/aromatic N) is 8. The van der Waals surface area contributed by atoms with Gasteiger partial charge >= 0.3 is 0 Å². The molecule has 0 fully saturated rings. The van der Waals surface area contributed by atoms with Crippen LogP contribution < -0.4 is 10.5 Å². The fraction of sp³-hybridized carbons (Fsp3) is 0.235. The highest BCUT2D eigenvalue weighted by Gasteiger charge is 2.15. The fourth-order valence-corrected chi connectivity index (χ4v) is 2.27. The van der Waals surface area contributed by atoms with E-state index in [1.54, 1.807) is 26.0 Å². The van der Waals surface area contributed by atoms with E-state index < -0.39 is 6.43 Å². The van der Waals surface area contributed by atoms with Crippen LogP contribution in [0.5, 0.6) is 5.88 Å². The van der Waals surface area contributed by atoms with E-state index in [-0.39, 0.29) is 18.1 Å². The van der Waals surface area contributed by atoms with Gasteiger partial charge in [0.05, 0.1) is 12.0 Å². The number of amidine groups is 1. The standard InChI is InChI=1S/C17H17F2N9O/c1-10-13(28(27-24-10)15-5-3-12(7-21-15)17(18)19)8-29-16-6-4-14(25-26-16)23-11(2)22-9-20/h3-7,9,17H,8H2,1-2H3,(H2,20,22,23,25). The Labute approximate surface area is 164 Å². The van der Waals surface area contributed by atoms with Crippen molar-refractivity contribution >= 4 is 18.0 Å². The molecule has 0 aliphatic carbocycles. The zero-order chi connectivity index (χ0) is 20.8. The molecule has 0 saturated carbocycles. The minimum absolute atomic E-state index is 0.0743. The number of aromatic nitrogens is 6. The number of hydrogen-bond donors (Lipinski definition) is 1. The number of aryl methyl sites for hydroxylation is 1. The Morgan fingerprint density at radius 3 is 2.69 bits per heavy atom. The lowest BCUT2D eigenvalue weighted by Gasteiger charge is -2.08. The Kier molecular flexibility index (Phi) is 6.12. The predicted octanol–water partition coefficient (Wildman–Crippen LogP) is 2.31. The summed E-state index contributed by atoms with van der Waals surface area (Å²) < 4.78 is 32.5. The number of halogens is 2. The second kappa shape index (κ2) is 8.91. The van der Waals surface area contributed by atoms with E-state index in [1.165, 1.54) is 16.8 Å². The van der Waals surface area contributed by atoms with Crippen molar-refractivity contribution in [2.24, 2.45) is 15.7 Å². The van der Waals surface area contributed by atoms with Gasteiger partial charge in [0, 0.05) is 17.8 Å². The first-order valence-electron chi connectivity index (χ1n) is 8.39. The van der Waals surface area contributed by atoms with E-state index in [4.69, 9.17) is 10.5 Å². The van der Waals surface area contributed by atoms with Gasteiger partial charge in [0.2, 0.25) is 5.88 Å². The molecule has 0 aliphatic rings. The zero-order valence-corrected chi connectivity index (χ0v) is 15.6. The van der Waals surface area contributed by atoms with Crippen molar-refractivity contribution in [2.75, 3.05) is 0 Å². The maximum atomic E-state index is 12.7. The molecule has 0 aliphatic heterocycles. The Morgan fingerprint density at radius 2 is 2.07 bits per heavy atom. The Morgan fingerprint density at radius 1 is 1.24 bits per heavy atom. The molecule has 0 radical (unpaired) electrons. The maximum Gasteiger partial charge on any atom is 0.265 e. The van der Waals surface area contributed by atoms with E-state index >= 15 is 0 Å². The van der Waals surface area contributed by atoms with Crippen LogP contribution in [0.4, 0.5) is 14.6 Å². The van der Waals surface area contributed by atoms with Gasteiger partial charge in [-0.3, -0.25) is 0 Å². The third kappa shape index (κ3) is 4.91. The smallest absolute Gasteiger partial charge is 0.265 e. The second-order valence-corrected chi connectivity index (χ2v) is 5.74. The normalized spacial score (nSPS) is 12.1. The first kappa shape index (κ1) is 19.9. The molecule has 150 valence electrons. The Bertz CT molecular complexity index is 1010. The summed E-state index contributed by atoms with van der Waals surface area (Å²) in [6.07, 6.45) is -0.351. The van der Waals surface area contributed by atoms with Crippen LogP contribution in [-0.2, 0) is 6.61 Å². The molecule has 10 nitrogen and oxygen atoms in total. The van der Waals surface area contributed by atoms with Gasteiger partial charge in [0.1, 0.15) is 18.1 Å². The van der Waals surface area contributed by atoms with Crippen LogP contribution in [0.15, 0.2) is 40.4 Å². The molecule has 0 unspecified atom stereocenters. The van der Waals surface area contributed by atoms with Crippen LogP contribution >= 0.6 is 0 Å². The number of alkyl halides is 2. The molecule has 0 spiro atoms. The van der Waals surface area contributed by atoms with E-state index in [2.05, 4.69) is 35.5 Å². The first-order chi connectivity index (χ1) is 14.0. The van der Waals surface area contributed by atoms with Crippen molar-refractivity contribution in [3.8, 4) is 11.7 Å². The highest BCUT2D eigenvalue weighted by Crippen LogP contribution is 2.20. The SMILES string of the molecule is CC(N=CN)=Nc1ccc(OCc2c(C)nnn2-c2ccc(C(F)F)cn2)nn1. The van der Waals surface area contributed by atoms with Crippen LogP contribution in [-0.4, -0.2) is 42.3 Å². The van der Waals surface area contributed by atoms with E-state index in [0.717, 1.165) is 12.5 Å². The van der Waals surface area contributed by atoms with Crippen LogP contribution in [0.2, 0.25) is 0 Å². The number of hydrogen-bond acceptors (Lipinski definition) is 7. The molecule has 2 N–H and O–H groups in total. The number of pyridine rings is 1. The zero-order valence-electron chi connectivity index (χ0n) is 15.6. The molecule has 12 heteroatoms. The number of rotatable bonds is 6. The van der Waals surface area contributed by atoms with Crippen molar-refractivity contribution in [3.63, 3.8) is 0 Å². The molecular weight excluding hydrogens is 384 g/mol. The summed E-state index contributed by atoms with van der Waals surface area (Å²) in [6.45, 7) is 3.50. The van der Waals surface area contributed by atoms with Crippen molar-refractivity contribution in [3.05, 3.63) is 47.4 Å². The third-order valence-electron chi connectivity index (χ3n) is 3.72. The van der Waals surface area contributed by atoms with Crippen LogP contribution in [0.3, 0.4) is 0 Å². The average molecular weight is 401 g/mol. The molecular formula is C17H17F2N9O. The monoisotopic (exact) mass is 401 g/mol. The Balaban J connectivity index is 1.73. The summed E-state index contributed by atoms with van der Waals surface area (Å²) in [6, 6.07) is 5.95. The van der Waals surface area contributed by atoms with Crippen LogP contribution in [0.25, 0.3) is 5.82 Å². The minimum atomic E-state index is -2.59. The van der Waals surface area contributed by atoms with Gasteiger partial charge in [-0.25, -0.2) is 23.7 Å². The molecule has 0 atom stereocenters. The molecule has 0 aromatic carbocycles. The van der Waals surface area contributed by atoms with Gasteiger partial charge < -0.3 is 10.5 Å². The summed E-state index contributed by atoms with van der Waals surface area (Å²) in [4.78, 5) is 11.9. The largest absolute Gasteiger partial charge is 0.470 e. The van der Waals surface area contributed by atoms with Gasteiger partial charge in [0.25, 0.3) is 6.43 Å². The first-order valence-corrected chi connectivity index (χ1v) is 8.39. The van der Waals surface area contributed by atoms with Gasteiger partial charge in [-0.1, -0.05) is 5.21 Å². The highest BCUT2D eigenvalue weighted by atomic mass is 19.3. The molecule has 0 bridgehead atoms. The lowest BCUT2D eigenvalue weighted by Crippen LogP contribution is -2.09. The molecule has 3 aromatic rings. The number of aliphatic imine (C=N–C) groups is 2. The average Bonchev–Trinajstić information content (AvgIpc) is 3.08. The molecule has 0 saturated heterocycles. The van der Waals surface area contributed by atoms with Gasteiger partial charge in [0.15, 0.2) is 11.6 Å². The van der Waals surface area contributed by atoms with E-state index in [1.807, 2.05) is 0 Å². The number of ether oxygens (including phenoxy) is 1. The van der Waals surface area contributed by atoms with E-state index in [9.17, 15) is 8.78 Å². The van der Waals surface area contributed by atoms with Crippen LogP contribution in [0, 0.1) is 6.92 Å². The lowest BCUT2D eigenvalue weighted by atomic mass is 10.3. The third-order valence-corrected chi connectivity index (χ3v) is 3.72. The van der Waals surface area contributed by atoms with Crippen molar-refractivity contribution in [2.45, 2.75) is 26.9 Å². The Hall–Kier alpha value is -3.83. The summed E-state index contributed by atoms with van der Waals surface area (Å²) in [5, 5.41) is 15.9. The van der Waals surface area contributed by atoms with Gasteiger partial charge in [-0.2, -0.15) is 4.68 Å². The van der Waals surface area contributed by atoms with Crippen molar-refractivity contribution < 1.29 is 13.5 Å². The second-order valence-electron chi connectivity index (χ2n) is 5.74. The quantitative estimate of drug-likeness (QED) is 0.495. The van der Waals surface area contributed by atoms with Crippen molar-refractivity contribution in [1.82, 2.24) is 30.2 Å². The molecule has 3 aromatic heterocycles. The van der Waals surface area contributed by atoms with Crippen molar-refractivity contribution in [1.29, 1.82) is 0 Å². The minimum Gasteiger partial charge on any atom is -0.470 e. The number of nitrogens with two attached hydrogens (primary N) is 1. The highest BCUT2D eigenvalue weighted by molar-refractivity contribution is 5.88. The predicted molar refractivity (Wildman–Crippen MR) is 101 cm³/mol.